The monoisotopic (exact) mass is 332 g/mol. The average Bonchev–Trinajstić information content (AvgIpc) is 3.03. The van der Waals surface area contributed by atoms with Crippen LogP contribution in [0.3, 0.4) is 0 Å². The zero-order chi connectivity index (χ0) is 16.8. The van der Waals surface area contributed by atoms with Crippen molar-refractivity contribution in [2.75, 3.05) is 37.4 Å². The molecule has 1 amide bonds. The van der Waals surface area contributed by atoms with Crippen molar-refractivity contribution in [3.05, 3.63) is 36.0 Å². The minimum atomic E-state index is -0.734. The zero-order valence-corrected chi connectivity index (χ0v) is 12.7. The normalized spacial score (nSPS) is 15.2. The first kappa shape index (κ1) is 15.7. The summed E-state index contributed by atoms with van der Waals surface area (Å²) >= 11 is 0. The number of amidine groups is 1. The van der Waals surface area contributed by atoms with Crippen LogP contribution in [0.2, 0.25) is 0 Å². The fraction of sp³-hybridized carbons (Fsp3) is 0.286. The van der Waals surface area contributed by atoms with Gasteiger partial charge in [0, 0.05) is 18.8 Å². The maximum absolute atomic E-state index is 11.9. The number of carbonyl (C=O) groups excluding carboxylic acids is 1. The number of aromatic nitrogens is 2. The molecule has 10 heteroatoms. The van der Waals surface area contributed by atoms with Crippen LogP contribution in [0, 0.1) is 0 Å². The van der Waals surface area contributed by atoms with E-state index in [1.54, 1.807) is 24.3 Å². The minimum absolute atomic E-state index is 0.0623. The van der Waals surface area contributed by atoms with Gasteiger partial charge in [-0.2, -0.15) is 0 Å². The fourth-order valence-corrected chi connectivity index (χ4v) is 2.12. The Kier molecular flexibility index (Phi) is 4.87. The number of oxime groups is 1. The Morgan fingerprint density at radius 2 is 2.00 bits per heavy atom. The van der Waals surface area contributed by atoms with Crippen LogP contribution in [0.4, 0.5) is 16.3 Å². The van der Waals surface area contributed by atoms with Gasteiger partial charge in [-0.05, 0) is 22.4 Å². The number of benzene rings is 1. The molecule has 2 aromatic rings. The van der Waals surface area contributed by atoms with Crippen molar-refractivity contribution < 1.29 is 19.0 Å². The van der Waals surface area contributed by atoms with Crippen LogP contribution >= 0.6 is 0 Å². The smallest absolute Gasteiger partial charge is 0.379 e. The Balaban J connectivity index is 1.73. The van der Waals surface area contributed by atoms with Crippen molar-refractivity contribution in [3.63, 3.8) is 0 Å². The van der Waals surface area contributed by atoms with Gasteiger partial charge in [0.15, 0.2) is 11.5 Å². The highest BCUT2D eigenvalue weighted by atomic mass is 16.7. The van der Waals surface area contributed by atoms with E-state index in [9.17, 15) is 4.79 Å². The molecule has 1 aromatic carbocycles. The Morgan fingerprint density at radius 3 is 2.67 bits per heavy atom. The van der Waals surface area contributed by atoms with Crippen LogP contribution in [0.1, 0.15) is 5.69 Å². The number of morpholine rings is 1. The van der Waals surface area contributed by atoms with Crippen molar-refractivity contribution >= 4 is 23.4 Å². The quantitative estimate of drug-likeness (QED) is 0.367. The lowest BCUT2D eigenvalue weighted by atomic mass is 10.3. The van der Waals surface area contributed by atoms with Gasteiger partial charge in [-0.3, -0.25) is 10.2 Å². The van der Waals surface area contributed by atoms with Gasteiger partial charge in [-0.1, -0.05) is 23.4 Å². The number of hydrogen-bond acceptors (Lipinski definition) is 8. The summed E-state index contributed by atoms with van der Waals surface area (Å²) in [5.74, 6) is 0.326. The zero-order valence-electron chi connectivity index (χ0n) is 12.7. The van der Waals surface area contributed by atoms with Gasteiger partial charge in [-0.25, -0.2) is 9.42 Å². The van der Waals surface area contributed by atoms with E-state index in [-0.39, 0.29) is 17.3 Å². The second-order valence-corrected chi connectivity index (χ2v) is 4.88. The topological polar surface area (TPSA) is 128 Å². The Labute approximate surface area is 137 Å². The maximum Gasteiger partial charge on any atom is 0.437 e. The summed E-state index contributed by atoms with van der Waals surface area (Å²) in [7, 11) is 0. The van der Waals surface area contributed by atoms with Crippen molar-refractivity contribution in [3.8, 4) is 0 Å². The molecule has 10 nitrogen and oxygen atoms in total. The molecule has 1 fully saturated rings. The molecule has 126 valence electrons. The number of nitrogens with two attached hydrogens (primary N) is 1. The van der Waals surface area contributed by atoms with Crippen LogP contribution < -0.4 is 11.1 Å². The third kappa shape index (κ3) is 3.79. The molecular weight excluding hydrogens is 316 g/mol. The van der Waals surface area contributed by atoms with Gasteiger partial charge in [0.05, 0.1) is 13.2 Å². The second-order valence-electron chi connectivity index (χ2n) is 4.88. The predicted octanol–water partition coefficient (Wildman–Crippen LogP) is 0.894. The van der Waals surface area contributed by atoms with Crippen LogP contribution in [0.5, 0.6) is 0 Å². The largest absolute Gasteiger partial charge is 0.437 e. The molecule has 1 aliphatic rings. The number of ether oxygens (including phenoxy) is 1. The number of para-hydroxylation sites is 1. The summed E-state index contributed by atoms with van der Waals surface area (Å²) in [6, 6.07) is 8.88. The van der Waals surface area contributed by atoms with E-state index < -0.39 is 6.09 Å². The summed E-state index contributed by atoms with van der Waals surface area (Å²) in [5.41, 5.74) is 6.52. The fourth-order valence-electron chi connectivity index (χ4n) is 2.12. The van der Waals surface area contributed by atoms with E-state index >= 15 is 0 Å². The summed E-state index contributed by atoms with van der Waals surface area (Å²) in [5, 5.41) is 13.7. The van der Waals surface area contributed by atoms with Gasteiger partial charge in [-0.15, -0.1) is 0 Å². The lowest BCUT2D eigenvalue weighted by Gasteiger charge is -2.28. The first-order valence-electron chi connectivity index (χ1n) is 7.26. The van der Waals surface area contributed by atoms with Crippen LogP contribution in [-0.4, -0.2) is 53.4 Å². The van der Waals surface area contributed by atoms with Crippen LogP contribution in [0.25, 0.3) is 0 Å². The van der Waals surface area contributed by atoms with Crippen molar-refractivity contribution in [2.45, 2.75) is 0 Å². The van der Waals surface area contributed by atoms with E-state index in [0.717, 1.165) is 0 Å². The summed E-state index contributed by atoms with van der Waals surface area (Å²) < 4.78 is 9.89. The highest BCUT2D eigenvalue weighted by Gasteiger charge is 2.24. The third-order valence-electron chi connectivity index (χ3n) is 3.27. The maximum atomic E-state index is 11.9. The summed E-state index contributed by atoms with van der Waals surface area (Å²) in [6.45, 7) is 2.13. The first-order valence-corrected chi connectivity index (χ1v) is 7.26. The molecule has 0 unspecified atom stereocenters. The molecule has 0 radical (unpaired) electrons. The van der Waals surface area contributed by atoms with E-state index in [0.29, 0.717) is 32.0 Å². The second kappa shape index (κ2) is 7.42. The molecule has 0 saturated carbocycles. The number of amides is 1. The average molecular weight is 332 g/mol. The van der Waals surface area contributed by atoms with Crippen LogP contribution in [-0.2, 0) is 9.57 Å². The molecule has 3 N–H and O–H groups in total. The third-order valence-corrected chi connectivity index (χ3v) is 3.27. The standard InChI is InChI=1S/C14H16N6O4/c15-12-11(17-24-18-12)13(20-6-8-22-9-7-20)19-23-14(21)16-10-4-2-1-3-5-10/h1-5H,6-9H2,(H2,15,18)(H,16,21)/b19-13+. The molecule has 3 rings (SSSR count). The lowest BCUT2D eigenvalue weighted by molar-refractivity contribution is 0.0662. The minimum Gasteiger partial charge on any atom is -0.379 e. The van der Waals surface area contributed by atoms with Gasteiger partial charge in [0.25, 0.3) is 0 Å². The van der Waals surface area contributed by atoms with E-state index in [1.165, 1.54) is 0 Å². The van der Waals surface area contributed by atoms with Gasteiger partial charge < -0.3 is 15.4 Å². The van der Waals surface area contributed by atoms with Gasteiger partial charge in [0.1, 0.15) is 0 Å². The van der Waals surface area contributed by atoms with Gasteiger partial charge in [0.2, 0.25) is 5.84 Å². The van der Waals surface area contributed by atoms with Crippen molar-refractivity contribution in [2.24, 2.45) is 5.16 Å². The highest BCUT2D eigenvalue weighted by Crippen LogP contribution is 2.12. The summed E-state index contributed by atoms with van der Waals surface area (Å²) in [6.07, 6.45) is -0.734. The number of nitrogens with zero attached hydrogens (tertiary/aromatic N) is 4. The molecule has 0 atom stereocenters. The number of carbonyl (C=O) groups is 1. The van der Waals surface area contributed by atoms with E-state index in [4.69, 9.17) is 15.3 Å². The van der Waals surface area contributed by atoms with Crippen molar-refractivity contribution in [1.29, 1.82) is 0 Å². The highest BCUT2D eigenvalue weighted by molar-refractivity contribution is 6.00. The first-order chi connectivity index (χ1) is 11.7. The summed E-state index contributed by atoms with van der Waals surface area (Å²) in [4.78, 5) is 18.6. The molecule has 0 bridgehead atoms. The van der Waals surface area contributed by atoms with E-state index in [1.807, 2.05) is 11.0 Å². The Hall–Kier alpha value is -3.14. The predicted molar refractivity (Wildman–Crippen MR) is 84.2 cm³/mol. The molecule has 2 heterocycles. The number of nitrogens with one attached hydrogen (secondary N) is 1. The number of nitrogen functional groups attached to an aromatic ring is 1. The number of rotatable bonds is 3. The number of anilines is 2. The van der Waals surface area contributed by atoms with Gasteiger partial charge >= 0.3 is 6.09 Å². The Bertz CT molecular complexity index is 711. The molecule has 1 saturated heterocycles. The van der Waals surface area contributed by atoms with Crippen molar-refractivity contribution in [1.82, 2.24) is 15.2 Å². The SMILES string of the molecule is Nc1nonc1/C(=N\OC(=O)Nc1ccccc1)N1CCOCC1. The molecular formula is C14H16N6O4. The molecule has 0 aliphatic carbocycles. The molecule has 0 spiro atoms. The Morgan fingerprint density at radius 1 is 1.25 bits per heavy atom. The number of hydrogen-bond donors (Lipinski definition) is 2. The molecule has 1 aromatic heterocycles. The molecule has 1 aliphatic heterocycles. The molecule has 24 heavy (non-hydrogen) atoms. The van der Waals surface area contributed by atoms with Crippen LogP contribution in [0.15, 0.2) is 40.1 Å². The lowest BCUT2D eigenvalue weighted by Crippen LogP contribution is -2.41. The van der Waals surface area contributed by atoms with E-state index in [2.05, 4.69) is 25.4 Å².